The molecule has 0 saturated carbocycles. The number of halogens is 1. The average Bonchev–Trinajstić information content (AvgIpc) is 3.20. The van der Waals surface area contributed by atoms with Crippen LogP contribution in [0.3, 0.4) is 0 Å². The van der Waals surface area contributed by atoms with E-state index < -0.39 is 6.04 Å². The third kappa shape index (κ3) is 5.06. The molecule has 1 aliphatic rings. The Morgan fingerprint density at radius 2 is 2.00 bits per heavy atom. The zero-order chi connectivity index (χ0) is 19.9. The van der Waals surface area contributed by atoms with Crippen molar-refractivity contribution in [3.63, 3.8) is 0 Å². The van der Waals surface area contributed by atoms with Crippen molar-refractivity contribution in [2.75, 3.05) is 22.7 Å². The lowest BCUT2D eigenvalue weighted by atomic mass is 10.2. The number of nitriles is 1. The van der Waals surface area contributed by atoms with Gasteiger partial charge in [-0.05, 0) is 36.4 Å². The molecular weight excluding hydrogens is 397 g/mol. The highest BCUT2D eigenvalue weighted by Crippen LogP contribution is 2.26. The van der Waals surface area contributed by atoms with E-state index in [1.807, 2.05) is 6.07 Å². The summed E-state index contributed by atoms with van der Waals surface area (Å²) in [5, 5.41) is 11.6. The molecule has 0 radical (unpaired) electrons. The van der Waals surface area contributed by atoms with Gasteiger partial charge < -0.3 is 10.2 Å². The van der Waals surface area contributed by atoms with Crippen LogP contribution in [0.5, 0.6) is 0 Å². The molecule has 0 spiro atoms. The van der Waals surface area contributed by atoms with Gasteiger partial charge in [-0.25, -0.2) is 4.39 Å². The Balaban J connectivity index is 1.54. The molecule has 8 heteroatoms. The summed E-state index contributed by atoms with van der Waals surface area (Å²) in [6, 6.07) is 14.5. The summed E-state index contributed by atoms with van der Waals surface area (Å²) in [5.74, 6) is 0.795. The minimum atomic E-state index is -0.536. The second kappa shape index (κ2) is 9.62. The van der Waals surface area contributed by atoms with Crippen LogP contribution in [0.25, 0.3) is 0 Å². The largest absolute Gasteiger partial charge is 0.324 e. The van der Waals surface area contributed by atoms with Gasteiger partial charge in [0.1, 0.15) is 11.9 Å². The van der Waals surface area contributed by atoms with Crippen LogP contribution in [0.15, 0.2) is 53.4 Å². The van der Waals surface area contributed by atoms with Crippen molar-refractivity contribution in [3.05, 3.63) is 59.9 Å². The second-order valence-corrected chi connectivity index (χ2v) is 8.22. The molecular formula is C20H18FN3O2S2. The predicted molar refractivity (Wildman–Crippen MR) is 109 cm³/mol. The van der Waals surface area contributed by atoms with Crippen molar-refractivity contribution in [1.29, 1.82) is 5.26 Å². The SMILES string of the molecule is N#Cc1ccc(NC(=O)C2CSCN2C(=O)CCSc2ccccc2F)cc1. The van der Waals surface area contributed by atoms with E-state index in [2.05, 4.69) is 5.32 Å². The monoisotopic (exact) mass is 415 g/mol. The van der Waals surface area contributed by atoms with Crippen LogP contribution in [0.4, 0.5) is 10.1 Å². The minimum Gasteiger partial charge on any atom is -0.324 e. The summed E-state index contributed by atoms with van der Waals surface area (Å²) in [5.41, 5.74) is 1.10. The van der Waals surface area contributed by atoms with Gasteiger partial charge in [0.05, 0.1) is 17.5 Å². The van der Waals surface area contributed by atoms with Gasteiger partial charge in [0, 0.05) is 28.5 Å². The fraction of sp³-hybridized carbons (Fsp3) is 0.250. The third-order valence-corrected chi connectivity index (χ3v) is 6.26. The molecule has 0 bridgehead atoms. The maximum absolute atomic E-state index is 13.6. The fourth-order valence-corrected chi connectivity index (χ4v) is 4.77. The Morgan fingerprint density at radius 1 is 1.25 bits per heavy atom. The Labute approximate surface area is 171 Å². The first-order chi connectivity index (χ1) is 13.6. The molecule has 144 valence electrons. The number of carbonyl (C=O) groups excluding carboxylic acids is 2. The molecule has 0 aliphatic carbocycles. The molecule has 2 aromatic rings. The van der Waals surface area contributed by atoms with E-state index in [0.29, 0.717) is 33.5 Å². The number of amides is 2. The van der Waals surface area contributed by atoms with Crippen LogP contribution < -0.4 is 5.32 Å². The Morgan fingerprint density at radius 3 is 2.71 bits per heavy atom. The van der Waals surface area contributed by atoms with E-state index in [9.17, 15) is 14.0 Å². The lowest BCUT2D eigenvalue weighted by Crippen LogP contribution is -2.44. The Hall–Kier alpha value is -2.50. The van der Waals surface area contributed by atoms with Crippen LogP contribution in [-0.2, 0) is 9.59 Å². The molecule has 1 aliphatic heterocycles. The molecule has 1 N–H and O–H groups in total. The van der Waals surface area contributed by atoms with Crippen molar-refractivity contribution < 1.29 is 14.0 Å². The van der Waals surface area contributed by atoms with Gasteiger partial charge in [0.15, 0.2) is 0 Å². The lowest BCUT2D eigenvalue weighted by Gasteiger charge is -2.23. The van der Waals surface area contributed by atoms with Gasteiger partial charge in [-0.2, -0.15) is 5.26 Å². The number of nitrogens with one attached hydrogen (secondary N) is 1. The molecule has 0 aromatic heterocycles. The molecule has 5 nitrogen and oxygen atoms in total. The van der Waals surface area contributed by atoms with Gasteiger partial charge in [-0.1, -0.05) is 12.1 Å². The molecule has 1 atom stereocenters. The number of hydrogen-bond donors (Lipinski definition) is 1. The van der Waals surface area contributed by atoms with Crippen LogP contribution in [-0.4, -0.2) is 40.1 Å². The number of rotatable bonds is 6. The molecule has 28 heavy (non-hydrogen) atoms. The molecule has 2 amide bonds. The molecule has 1 unspecified atom stereocenters. The lowest BCUT2D eigenvalue weighted by molar-refractivity contribution is -0.135. The quantitative estimate of drug-likeness (QED) is 0.728. The summed E-state index contributed by atoms with van der Waals surface area (Å²) in [4.78, 5) is 27.2. The average molecular weight is 416 g/mol. The fourth-order valence-electron chi connectivity index (χ4n) is 2.71. The Kier molecular flexibility index (Phi) is 6.95. The van der Waals surface area contributed by atoms with Crippen molar-refractivity contribution in [1.82, 2.24) is 4.90 Å². The van der Waals surface area contributed by atoms with E-state index in [4.69, 9.17) is 5.26 Å². The summed E-state index contributed by atoms with van der Waals surface area (Å²) < 4.78 is 13.6. The smallest absolute Gasteiger partial charge is 0.248 e. The summed E-state index contributed by atoms with van der Waals surface area (Å²) in [6.07, 6.45) is 0.236. The van der Waals surface area contributed by atoms with Crippen molar-refractivity contribution >= 4 is 41.0 Å². The van der Waals surface area contributed by atoms with E-state index >= 15 is 0 Å². The molecule has 1 fully saturated rings. The number of carbonyl (C=O) groups is 2. The van der Waals surface area contributed by atoms with Crippen LogP contribution in [0, 0.1) is 17.1 Å². The second-order valence-electron chi connectivity index (χ2n) is 6.09. The van der Waals surface area contributed by atoms with Gasteiger partial charge in [-0.15, -0.1) is 23.5 Å². The van der Waals surface area contributed by atoms with Gasteiger partial charge >= 0.3 is 0 Å². The van der Waals surface area contributed by atoms with Crippen molar-refractivity contribution in [2.24, 2.45) is 0 Å². The highest BCUT2D eigenvalue weighted by atomic mass is 32.2. The third-order valence-electron chi connectivity index (χ3n) is 4.20. The topological polar surface area (TPSA) is 73.2 Å². The maximum atomic E-state index is 13.6. The number of anilines is 1. The highest BCUT2D eigenvalue weighted by molar-refractivity contribution is 7.99. The van der Waals surface area contributed by atoms with E-state index in [1.54, 1.807) is 47.4 Å². The van der Waals surface area contributed by atoms with Gasteiger partial charge in [0.2, 0.25) is 11.8 Å². The number of hydrogen-bond acceptors (Lipinski definition) is 5. The van der Waals surface area contributed by atoms with Crippen molar-refractivity contribution in [2.45, 2.75) is 17.4 Å². The number of benzene rings is 2. The van der Waals surface area contributed by atoms with Crippen LogP contribution in [0.1, 0.15) is 12.0 Å². The number of nitrogens with zero attached hydrogens (tertiary/aromatic N) is 2. The normalized spacial score (nSPS) is 15.9. The molecule has 1 heterocycles. The minimum absolute atomic E-state index is 0.117. The number of thioether (sulfide) groups is 2. The molecule has 2 aromatic carbocycles. The van der Waals surface area contributed by atoms with Crippen LogP contribution >= 0.6 is 23.5 Å². The van der Waals surface area contributed by atoms with Crippen LogP contribution in [0.2, 0.25) is 0 Å². The molecule has 1 saturated heterocycles. The zero-order valence-electron chi connectivity index (χ0n) is 14.9. The van der Waals surface area contributed by atoms with E-state index in [-0.39, 0.29) is 24.1 Å². The first-order valence-corrected chi connectivity index (χ1v) is 10.8. The summed E-state index contributed by atoms with van der Waals surface area (Å²) in [7, 11) is 0. The predicted octanol–water partition coefficient (Wildman–Crippen LogP) is 3.72. The van der Waals surface area contributed by atoms with E-state index in [0.717, 1.165) is 0 Å². The first kappa shape index (κ1) is 20.2. The van der Waals surface area contributed by atoms with E-state index in [1.165, 1.54) is 29.6 Å². The maximum Gasteiger partial charge on any atom is 0.248 e. The summed E-state index contributed by atoms with van der Waals surface area (Å²) in [6.45, 7) is 0. The first-order valence-electron chi connectivity index (χ1n) is 8.64. The molecule has 3 rings (SSSR count). The standard InChI is InChI=1S/C20H18FN3O2S2/c21-16-3-1-2-4-18(16)28-10-9-19(25)24-13-27-12-17(24)20(26)23-15-7-5-14(11-22)6-8-15/h1-8,17H,9-10,12-13H2,(H,23,26). The summed E-state index contributed by atoms with van der Waals surface area (Å²) >= 11 is 2.82. The van der Waals surface area contributed by atoms with Gasteiger partial charge in [0.25, 0.3) is 0 Å². The van der Waals surface area contributed by atoms with Crippen molar-refractivity contribution in [3.8, 4) is 6.07 Å². The van der Waals surface area contributed by atoms with Gasteiger partial charge in [-0.3, -0.25) is 9.59 Å². The highest BCUT2D eigenvalue weighted by Gasteiger charge is 2.34. The Bertz CT molecular complexity index is 899. The zero-order valence-corrected chi connectivity index (χ0v) is 16.6.